The van der Waals surface area contributed by atoms with Crippen molar-refractivity contribution >= 4 is 11.7 Å². The molecule has 2 heterocycles. The quantitative estimate of drug-likeness (QED) is 0.309. The summed E-state index contributed by atoms with van der Waals surface area (Å²) in [4.78, 5) is 21.2. The van der Waals surface area contributed by atoms with E-state index in [1.807, 2.05) is 42.5 Å². The molecule has 7 heteroatoms. The average Bonchev–Trinajstić information content (AvgIpc) is 2.98. The Balaban J connectivity index is 1.23. The lowest BCUT2D eigenvalue weighted by Gasteiger charge is -2.33. The van der Waals surface area contributed by atoms with Crippen LogP contribution in [-0.4, -0.2) is 54.0 Å². The van der Waals surface area contributed by atoms with Gasteiger partial charge in [-0.3, -0.25) is 9.88 Å². The third-order valence-electron chi connectivity index (χ3n) is 6.95. The predicted molar refractivity (Wildman–Crippen MR) is 156 cm³/mol. The number of nitrogens with one attached hydrogen (secondary N) is 2. The maximum absolute atomic E-state index is 12.3. The number of hydrogen-bond acceptors (Lipinski definition) is 5. The summed E-state index contributed by atoms with van der Waals surface area (Å²) in [5.74, 6) is 0.879. The number of carbonyl (C=O) groups excluding carboxylic acids is 1. The van der Waals surface area contributed by atoms with Gasteiger partial charge in [0.25, 0.3) is 0 Å². The summed E-state index contributed by atoms with van der Waals surface area (Å²) in [7, 11) is 2.18. The minimum absolute atomic E-state index is 0.257. The number of pyridine rings is 1. The van der Waals surface area contributed by atoms with Gasteiger partial charge in [-0.05, 0) is 53.6 Å². The summed E-state index contributed by atoms with van der Waals surface area (Å²) >= 11 is 0. The molecule has 1 saturated heterocycles. The Kier molecular flexibility index (Phi) is 8.83. The van der Waals surface area contributed by atoms with Gasteiger partial charge in [-0.25, -0.2) is 4.79 Å². The molecule has 0 bridgehead atoms. The summed E-state index contributed by atoms with van der Waals surface area (Å²) in [5.41, 5.74) is 6.29. The summed E-state index contributed by atoms with van der Waals surface area (Å²) in [6.07, 6.45) is 3.45. The summed E-state index contributed by atoms with van der Waals surface area (Å²) < 4.78 is 6.40. The van der Waals surface area contributed by atoms with Crippen LogP contribution in [0.4, 0.5) is 10.5 Å². The van der Waals surface area contributed by atoms with Gasteiger partial charge in [-0.1, -0.05) is 60.7 Å². The van der Waals surface area contributed by atoms with Crippen LogP contribution in [0.1, 0.15) is 16.7 Å². The zero-order valence-electron chi connectivity index (χ0n) is 22.3. The number of rotatable bonds is 9. The summed E-state index contributed by atoms with van der Waals surface area (Å²) in [5, 5.41) is 5.72. The third-order valence-corrected chi connectivity index (χ3v) is 6.95. The van der Waals surface area contributed by atoms with Gasteiger partial charge in [0, 0.05) is 62.9 Å². The van der Waals surface area contributed by atoms with Gasteiger partial charge in [0.1, 0.15) is 12.4 Å². The highest BCUT2D eigenvalue weighted by molar-refractivity contribution is 5.89. The molecule has 0 aliphatic carbocycles. The maximum atomic E-state index is 12.3. The fourth-order valence-electron chi connectivity index (χ4n) is 4.71. The predicted octanol–water partition coefficient (Wildman–Crippen LogP) is 5.40. The minimum Gasteiger partial charge on any atom is -0.488 e. The number of nitrogens with zero attached hydrogens (tertiary/aromatic N) is 3. The second kappa shape index (κ2) is 13.0. The minimum atomic E-state index is -0.257. The molecule has 4 aromatic rings. The number of amides is 2. The van der Waals surface area contributed by atoms with Crippen molar-refractivity contribution in [2.24, 2.45) is 0 Å². The number of ether oxygens (including phenoxy) is 1. The average molecular weight is 522 g/mol. The van der Waals surface area contributed by atoms with Crippen LogP contribution in [0.25, 0.3) is 11.1 Å². The second-order valence-electron chi connectivity index (χ2n) is 9.89. The van der Waals surface area contributed by atoms with Crippen molar-refractivity contribution in [2.75, 3.05) is 38.5 Å². The first kappa shape index (κ1) is 26.4. The smallest absolute Gasteiger partial charge is 0.319 e. The molecular formula is C32H35N5O2. The van der Waals surface area contributed by atoms with E-state index in [0.717, 1.165) is 66.4 Å². The third kappa shape index (κ3) is 7.44. The molecule has 5 rings (SSSR count). The van der Waals surface area contributed by atoms with Crippen molar-refractivity contribution in [1.82, 2.24) is 20.1 Å². The lowest BCUT2D eigenvalue weighted by atomic mass is 9.98. The molecule has 1 fully saturated rings. The number of likely N-dealkylation sites (N-methyl/N-ethyl adjacent to an activating group) is 1. The fourth-order valence-corrected chi connectivity index (χ4v) is 4.71. The normalized spacial score (nSPS) is 14.1. The van der Waals surface area contributed by atoms with Gasteiger partial charge in [-0.15, -0.1) is 0 Å². The number of anilines is 1. The van der Waals surface area contributed by atoms with E-state index >= 15 is 0 Å². The number of carbonyl (C=O) groups is 1. The van der Waals surface area contributed by atoms with Crippen molar-refractivity contribution < 1.29 is 9.53 Å². The van der Waals surface area contributed by atoms with Crippen LogP contribution in [0, 0.1) is 0 Å². The topological polar surface area (TPSA) is 69.7 Å². The van der Waals surface area contributed by atoms with Crippen LogP contribution < -0.4 is 15.4 Å². The van der Waals surface area contributed by atoms with Gasteiger partial charge in [0.05, 0.1) is 0 Å². The number of aromatic nitrogens is 1. The Morgan fingerprint density at radius 1 is 0.872 bits per heavy atom. The Bertz CT molecular complexity index is 1340. The van der Waals surface area contributed by atoms with Gasteiger partial charge in [0.2, 0.25) is 0 Å². The van der Waals surface area contributed by atoms with Crippen LogP contribution in [0.2, 0.25) is 0 Å². The Labute approximate surface area is 230 Å². The number of hydrogen-bond donors (Lipinski definition) is 2. The molecule has 39 heavy (non-hydrogen) atoms. The molecule has 0 spiro atoms. The molecule has 0 saturated carbocycles. The largest absolute Gasteiger partial charge is 0.488 e. The first-order valence-electron chi connectivity index (χ1n) is 13.4. The van der Waals surface area contributed by atoms with Gasteiger partial charge in [0.15, 0.2) is 0 Å². The maximum Gasteiger partial charge on any atom is 0.319 e. The van der Waals surface area contributed by atoms with E-state index < -0.39 is 0 Å². The van der Waals surface area contributed by atoms with Gasteiger partial charge in [-0.2, -0.15) is 0 Å². The highest BCUT2D eigenvalue weighted by Gasteiger charge is 2.18. The van der Waals surface area contributed by atoms with E-state index in [1.54, 1.807) is 12.4 Å². The summed E-state index contributed by atoms with van der Waals surface area (Å²) in [6, 6.07) is 28.1. The van der Waals surface area contributed by atoms with Crippen molar-refractivity contribution in [3.8, 4) is 16.9 Å². The van der Waals surface area contributed by atoms with Crippen LogP contribution in [-0.2, 0) is 19.7 Å². The Hall–Kier alpha value is -4.20. The van der Waals surface area contributed by atoms with E-state index in [1.165, 1.54) is 5.56 Å². The molecule has 2 amide bonds. The fraction of sp³-hybridized carbons (Fsp3) is 0.250. The molecule has 7 nitrogen and oxygen atoms in total. The molecule has 0 atom stereocenters. The standard InChI is InChI=1S/C32H35N5O2/c1-36-17-19-37(20-18-36)23-28-10-5-11-30(31(28)27-8-3-2-4-9-27)39-24-25-12-14-29(15-13-25)35-32(38)34-22-26-7-6-16-33-21-26/h2-16,21H,17-20,22-24H2,1H3,(H2,34,35,38). The molecule has 2 N–H and O–H groups in total. The van der Waals surface area contributed by atoms with E-state index in [0.29, 0.717) is 13.2 Å². The first-order valence-corrected chi connectivity index (χ1v) is 13.4. The monoisotopic (exact) mass is 521 g/mol. The lowest BCUT2D eigenvalue weighted by molar-refractivity contribution is 0.148. The van der Waals surface area contributed by atoms with Crippen LogP contribution >= 0.6 is 0 Å². The van der Waals surface area contributed by atoms with E-state index in [2.05, 4.69) is 74.9 Å². The van der Waals surface area contributed by atoms with Crippen LogP contribution in [0.5, 0.6) is 5.75 Å². The van der Waals surface area contributed by atoms with Gasteiger partial charge >= 0.3 is 6.03 Å². The Morgan fingerprint density at radius 3 is 2.41 bits per heavy atom. The zero-order valence-corrected chi connectivity index (χ0v) is 22.3. The van der Waals surface area contributed by atoms with E-state index in [4.69, 9.17) is 4.74 Å². The van der Waals surface area contributed by atoms with Crippen molar-refractivity contribution in [1.29, 1.82) is 0 Å². The highest BCUT2D eigenvalue weighted by atomic mass is 16.5. The molecule has 1 aliphatic rings. The molecule has 200 valence electrons. The zero-order chi connectivity index (χ0) is 26.9. The van der Waals surface area contributed by atoms with Gasteiger partial charge < -0.3 is 20.3 Å². The van der Waals surface area contributed by atoms with Crippen molar-refractivity contribution in [3.05, 3.63) is 114 Å². The lowest BCUT2D eigenvalue weighted by Crippen LogP contribution is -2.43. The van der Waals surface area contributed by atoms with E-state index in [9.17, 15) is 4.79 Å². The molecule has 1 aliphatic heterocycles. The molecular weight excluding hydrogens is 486 g/mol. The number of piperazine rings is 1. The Morgan fingerprint density at radius 2 is 1.67 bits per heavy atom. The number of urea groups is 1. The van der Waals surface area contributed by atoms with Crippen molar-refractivity contribution in [2.45, 2.75) is 19.7 Å². The molecule has 1 aromatic heterocycles. The van der Waals surface area contributed by atoms with Crippen molar-refractivity contribution in [3.63, 3.8) is 0 Å². The first-order chi connectivity index (χ1) is 19.1. The SMILES string of the molecule is CN1CCN(Cc2cccc(OCc3ccc(NC(=O)NCc4cccnc4)cc3)c2-c2ccccc2)CC1. The molecule has 0 unspecified atom stereocenters. The summed E-state index contributed by atoms with van der Waals surface area (Å²) in [6.45, 7) is 6.07. The molecule has 3 aromatic carbocycles. The van der Waals surface area contributed by atoms with E-state index in [-0.39, 0.29) is 6.03 Å². The number of benzene rings is 3. The van der Waals surface area contributed by atoms with Crippen LogP contribution in [0.3, 0.4) is 0 Å². The molecule has 0 radical (unpaired) electrons. The second-order valence-corrected chi connectivity index (χ2v) is 9.89. The van der Waals surface area contributed by atoms with Crippen LogP contribution in [0.15, 0.2) is 97.3 Å². The highest BCUT2D eigenvalue weighted by Crippen LogP contribution is 2.35.